The Kier molecular flexibility index (Phi) is 7.50. The van der Waals surface area contributed by atoms with E-state index in [1.165, 1.54) is 7.11 Å². The molecule has 2 rings (SSSR count). The summed E-state index contributed by atoms with van der Waals surface area (Å²) in [6, 6.07) is 1.83. The van der Waals surface area contributed by atoms with Crippen LogP contribution in [0, 0.1) is 0 Å². The molecule has 0 bridgehead atoms. The van der Waals surface area contributed by atoms with Gasteiger partial charge in [0.25, 0.3) is 0 Å². The van der Waals surface area contributed by atoms with Gasteiger partial charge < -0.3 is 4.74 Å². The van der Waals surface area contributed by atoms with Gasteiger partial charge in [0, 0.05) is 6.54 Å². The number of unbranched alkanes of at least 4 members (excludes halogenated alkanes) is 5. The molecule has 1 aromatic carbocycles. The van der Waals surface area contributed by atoms with Gasteiger partial charge in [-0.3, -0.25) is 4.79 Å². The summed E-state index contributed by atoms with van der Waals surface area (Å²) in [5.41, 5.74) is -0.808. The van der Waals surface area contributed by atoms with Crippen molar-refractivity contribution in [3.63, 3.8) is 0 Å². The number of alkyl halides is 3. The van der Waals surface area contributed by atoms with Crippen molar-refractivity contribution in [2.45, 2.75) is 69.0 Å². The second-order valence-electron chi connectivity index (χ2n) is 6.93. The van der Waals surface area contributed by atoms with Gasteiger partial charge >= 0.3 is 12.1 Å². The number of halogens is 3. The smallest absolute Gasteiger partial charge is 0.416 e. The number of nitrogens with zero attached hydrogens (tertiary/aromatic N) is 1. The van der Waals surface area contributed by atoms with Gasteiger partial charge in [0.15, 0.2) is 0 Å². The number of fused-ring (bicyclic) bond motifs is 1. The Morgan fingerprint density at radius 3 is 2.39 bits per heavy atom. The average molecular weight is 421 g/mol. The van der Waals surface area contributed by atoms with Crippen LogP contribution in [-0.2, 0) is 25.7 Å². The molecule has 0 radical (unpaired) electrons. The summed E-state index contributed by atoms with van der Waals surface area (Å²) < 4.78 is 70.7. The maximum Gasteiger partial charge on any atom is 0.416 e. The zero-order chi connectivity index (χ0) is 20.9. The lowest BCUT2D eigenvalue weighted by molar-refractivity contribution is -0.142. The number of rotatable bonds is 9. The van der Waals surface area contributed by atoms with E-state index in [1.54, 1.807) is 0 Å². The Bertz CT molecular complexity index is 793. The zero-order valence-corrected chi connectivity index (χ0v) is 16.9. The summed E-state index contributed by atoms with van der Waals surface area (Å²) in [4.78, 5) is 11.4. The van der Waals surface area contributed by atoms with Crippen LogP contribution in [0.15, 0.2) is 23.1 Å². The Morgan fingerprint density at radius 2 is 1.79 bits per heavy atom. The van der Waals surface area contributed by atoms with Gasteiger partial charge in [-0.15, -0.1) is 0 Å². The average Bonchev–Trinajstić information content (AvgIpc) is 2.84. The van der Waals surface area contributed by atoms with Crippen LogP contribution in [0.5, 0.6) is 0 Å². The van der Waals surface area contributed by atoms with Gasteiger partial charge in [-0.05, 0) is 24.1 Å². The van der Waals surface area contributed by atoms with E-state index < -0.39 is 33.8 Å². The lowest BCUT2D eigenvalue weighted by Gasteiger charge is -2.22. The maximum atomic E-state index is 13.0. The van der Waals surface area contributed by atoms with Crippen molar-refractivity contribution >= 4 is 16.0 Å². The second-order valence-corrected chi connectivity index (χ2v) is 8.79. The van der Waals surface area contributed by atoms with Crippen molar-refractivity contribution in [1.82, 2.24) is 4.31 Å². The topological polar surface area (TPSA) is 63.7 Å². The van der Waals surface area contributed by atoms with Crippen molar-refractivity contribution in [1.29, 1.82) is 0 Å². The fraction of sp³-hybridized carbons (Fsp3) is 0.632. The third kappa shape index (κ3) is 5.05. The highest BCUT2D eigenvalue weighted by Crippen LogP contribution is 2.44. The van der Waals surface area contributed by atoms with E-state index in [2.05, 4.69) is 11.7 Å². The lowest BCUT2D eigenvalue weighted by Crippen LogP contribution is -2.31. The van der Waals surface area contributed by atoms with Crippen LogP contribution in [0.1, 0.15) is 69.0 Å². The van der Waals surface area contributed by atoms with Gasteiger partial charge in [-0.2, -0.15) is 17.5 Å². The number of esters is 1. The maximum absolute atomic E-state index is 13.0. The molecule has 9 heteroatoms. The summed E-state index contributed by atoms with van der Waals surface area (Å²) in [6.45, 7) is 2.26. The van der Waals surface area contributed by atoms with E-state index in [9.17, 15) is 26.4 Å². The molecule has 0 aromatic heterocycles. The van der Waals surface area contributed by atoms with E-state index in [4.69, 9.17) is 0 Å². The SMILES string of the molecule is CCCCCCCCN1[C@@H](CC(=O)OC)c2ccc(C(F)(F)F)cc2S1(=O)=O. The molecule has 5 nitrogen and oxygen atoms in total. The van der Waals surface area contributed by atoms with Crippen molar-refractivity contribution in [3.05, 3.63) is 29.3 Å². The molecular weight excluding hydrogens is 395 g/mol. The van der Waals surface area contributed by atoms with Crippen LogP contribution in [0.4, 0.5) is 13.2 Å². The molecule has 0 aliphatic carbocycles. The van der Waals surface area contributed by atoms with Crippen LogP contribution in [-0.4, -0.2) is 32.3 Å². The fourth-order valence-electron chi connectivity index (χ4n) is 3.44. The van der Waals surface area contributed by atoms with E-state index in [0.717, 1.165) is 48.5 Å². The minimum absolute atomic E-state index is 0.159. The van der Waals surface area contributed by atoms with Gasteiger partial charge in [-0.1, -0.05) is 45.1 Å². The number of carbonyl (C=O) groups excluding carboxylic acids is 1. The second kappa shape index (κ2) is 9.26. The van der Waals surface area contributed by atoms with Crippen LogP contribution in [0.3, 0.4) is 0 Å². The predicted octanol–water partition coefficient (Wildman–Crippen LogP) is 4.67. The molecule has 1 heterocycles. The minimum Gasteiger partial charge on any atom is -0.469 e. The summed E-state index contributed by atoms with van der Waals surface area (Å²) in [7, 11) is -2.91. The van der Waals surface area contributed by atoms with Gasteiger partial charge in [0.1, 0.15) is 0 Å². The molecule has 0 fully saturated rings. The van der Waals surface area contributed by atoms with Crippen LogP contribution >= 0.6 is 0 Å². The zero-order valence-electron chi connectivity index (χ0n) is 16.1. The largest absolute Gasteiger partial charge is 0.469 e. The first-order chi connectivity index (χ1) is 13.1. The number of sulfonamides is 1. The molecule has 28 heavy (non-hydrogen) atoms. The van der Waals surface area contributed by atoms with E-state index in [0.29, 0.717) is 12.5 Å². The number of ether oxygens (including phenoxy) is 1. The number of benzene rings is 1. The molecule has 0 unspecified atom stereocenters. The molecule has 1 aliphatic heterocycles. The summed E-state index contributed by atoms with van der Waals surface area (Å²) in [5.74, 6) is -0.610. The molecule has 0 amide bonds. The van der Waals surface area contributed by atoms with Crippen LogP contribution in [0.25, 0.3) is 0 Å². The van der Waals surface area contributed by atoms with Crippen molar-refractivity contribution in [2.75, 3.05) is 13.7 Å². The Morgan fingerprint density at radius 1 is 1.14 bits per heavy atom. The molecule has 1 aromatic rings. The standard InChI is InChI=1S/C19H26F3NO4S/c1-3-4-5-6-7-8-11-23-16(13-18(24)27-2)15-10-9-14(19(20,21)22)12-17(15)28(23,25)26/h9-10,12,16H,3-8,11,13H2,1-2H3/t16-/m0/s1. The highest BCUT2D eigenvalue weighted by atomic mass is 32.2. The van der Waals surface area contributed by atoms with Crippen molar-refractivity contribution < 1.29 is 31.1 Å². The highest BCUT2D eigenvalue weighted by Gasteiger charge is 2.45. The highest BCUT2D eigenvalue weighted by molar-refractivity contribution is 7.89. The minimum atomic E-state index is -4.64. The summed E-state index contributed by atoms with van der Waals surface area (Å²) >= 11 is 0. The number of carbonyl (C=O) groups is 1. The predicted molar refractivity (Wildman–Crippen MR) is 98.1 cm³/mol. The van der Waals surface area contributed by atoms with Gasteiger partial charge in [0.2, 0.25) is 10.0 Å². The van der Waals surface area contributed by atoms with Crippen molar-refractivity contribution in [2.24, 2.45) is 0 Å². The number of methoxy groups -OCH3 is 1. The van der Waals surface area contributed by atoms with Crippen LogP contribution < -0.4 is 0 Å². The molecule has 1 aliphatic rings. The Hall–Kier alpha value is -1.61. The third-order valence-electron chi connectivity index (χ3n) is 4.95. The van der Waals surface area contributed by atoms with E-state index in [-0.39, 0.29) is 23.4 Å². The number of hydrogen-bond acceptors (Lipinski definition) is 4. The third-order valence-corrected chi connectivity index (χ3v) is 6.92. The molecule has 0 saturated heterocycles. The molecule has 0 saturated carbocycles. The Balaban J connectivity index is 2.27. The number of hydrogen-bond donors (Lipinski definition) is 0. The summed E-state index contributed by atoms with van der Waals surface area (Å²) in [5, 5.41) is 0. The van der Waals surface area contributed by atoms with E-state index >= 15 is 0 Å². The van der Waals surface area contributed by atoms with Gasteiger partial charge in [0.05, 0.1) is 30.0 Å². The molecule has 1 atom stereocenters. The monoisotopic (exact) mass is 421 g/mol. The molecule has 0 spiro atoms. The molecule has 0 N–H and O–H groups in total. The van der Waals surface area contributed by atoms with Crippen LogP contribution in [0.2, 0.25) is 0 Å². The lowest BCUT2D eigenvalue weighted by atomic mass is 10.0. The summed E-state index contributed by atoms with van der Waals surface area (Å²) in [6.07, 6.45) is 0.761. The first kappa shape index (κ1) is 22.7. The van der Waals surface area contributed by atoms with Gasteiger partial charge in [-0.25, -0.2) is 8.42 Å². The molecule has 158 valence electrons. The van der Waals surface area contributed by atoms with Crippen molar-refractivity contribution in [3.8, 4) is 0 Å². The molecular formula is C19H26F3NO4S. The fourth-order valence-corrected chi connectivity index (χ4v) is 5.36. The first-order valence-corrected chi connectivity index (χ1v) is 10.9. The van der Waals surface area contributed by atoms with E-state index in [1.807, 2.05) is 0 Å². The Labute approximate surface area is 163 Å². The normalized spacial score (nSPS) is 18.8. The quantitative estimate of drug-likeness (QED) is 0.429. The first-order valence-electron chi connectivity index (χ1n) is 9.42.